The molecular formula is C29H37F2N3O6. The molecule has 0 aliphatic carbocycles. The third-order valence-electron chi connectivity index (χ3n) is 6.78. The predicted octanol–water partition coefficient (Wildman–Crippen LogP) is 5.18. The van der Waals surface area contributed by atoms with Crippen LogP contribution in [0.4, 0.5) is 14.6 Å². The van der Waals surface area contributed by atoms with Gasteiger partial charge in [-0.15, -0.1) is 0 Å². The zero-order valence-corrected chi connectivity index (χ0v) is 23.7. The van der Waals surface area contributed by atoms with Crippen LogP contribution in [0.2, 0.25) is 0 Å². The Balaban J connectivity index is 1.77. The lowest BCUT2D eigenvalue weighted by Crippen LogP contribution is -2.41. The Kier molecular flexibility index (Phi) is 8.96. The maximum atomic E-state index is 15.5. The Morgan fingerprint density at radius 1 is 1.15 bits per heavy atom. The van der Waals surface area contributed by atoms with Crippen LogP contribution in [-0.4, -0.2) is 67.4 Å². The third kappa shape index (κ3) is 6.21. The van der Waals surface area contributed by atoms with Crippen molar-refractivity contribution in [2.75, 3.05) is 46.0 Å². The van der Waals surface area contributed by atoms with Crippen LogP contribution in [0.25, 0.3) is 10.9 Å². The average molecular weight is 562 g/mol. The average Bonchev–Trinajstić information content (AvgIpc) is 3.41. The molecule has 218 valence electrons. The zero-order chi connectivity index (χ0) is 29.1. The van der Waals surface area contributed by atoms with E-state index in [1.807, 2.05) is 6.92 Å². The highest BCUT2D eigenvalue weighted by Gasteiger charge is 2.49. The van der Waals surface area contributed by atoms with Gasteiger partial charge in [0.15, 0.2) is 11.5 Å². The second-order valence-electron chi connectivity index (χ2n) is 10.3. The molecule has 40 heavy (non-hydrogen) atoms. The number of fused-ring (bicyclic) bond motifs is 1. The molecule has 2 N–H and O–H groups in total. The first kappa shape index (κ1) is 29.7. The topological polar surface area (TPSA) is 104 Å². The lowest BCUT2D eigenvalue weighted by atomic mass is 9.90. The molecule has 11 heteroatoms. The van der Waals surface area contributed by atoms with Gasteiger partial charge in [0.2, 0.25) is 0 Å². The fourth-order valence-electron chi connectivity index (χ4n) is 4.53. The van der Waals surface area contributed by atoms with Crippen LogP contribution < -0.4 is 19.5 Å². The van der Waals surface area contributed by atoms with Crippen molar-refractivity contribution in [3.63, 3.8) is 0 Å². The van der Waals surface area contributed by atoms with Gasteiger partial charge in [0.05, 0.1) is 44.1 Å². The summed E-state index contributed by atoms with van der Waals surface area (Å²) in [5, 5.41) is 14.4. The van der Waals surface area contributed by atoms with Crippen LogP contribution in [0.15, 0.2) is 30.3 Å². The summed E-state index contributed by atoms with van der Waals surface area (Å²) < 4.78 is 59.1. The number of alkyl halides is 2. The number of para-hydroxylation sites is 1. The molecule has 1 saturated heterocycles. The van der Waals surface area contributed by atoms with Gasteiger partial charge >= 0.3 is 5.92 Å². The number of anilines is 1. The van der Waals surface area contributed by atoms with E-state index in [2.05, 4.69) is 15.3 Å². The molecule has 1 aliphatic heterocycles. The maximum absolute atomic E-state index is 15.5. The van der Waals surface area contributed by atoms with Gasteiger partial charge in [0, 0.05) is 30.5 Å². The van der Waals surface area contributed by atoms with E-state index in [4.69, 9.17) is 23.7 Å². The van der Waals surface area contributed by atoms with E-state index >= 15 is 8.78 Å². The summed E-state index contributed by atoms with van der Waals surface area (Å²) in [7, 11) is 3.14. The van der Waals surface area contributed by atoms with Crippen molar-refractivity contribution >= 4 is 16.7 Å². The Hall–Kier alpha value is -3.28. The largest absolute Gasteiger partial charge is 0.493 e. The summed E-state index contributed by atoms with van der Waals surface area (Å²) in [6.07, 6.45) is 0.193. The monoisotopic (exact) mass is 561 g/mol. The molecule has 0 radical (unpaired) electrons. The predicted molar refractivity (Wildman–Crippen MR) is 147 cm³/mol. The van der Waals surface area contributed by atoms with Gasteiger partial charge in [0.1, 0.15) is 35.7 Å². The molecule has 3 aromatic rings. The zero-order valence-electron chi connectivity index (χ0n) is 23.7. The summed E-state index contributed by atoms with van der Waals surface area (Å²) >= 11 is 0. The second-order valence-corrected chi connectivity index (χ2v) is 10.3. The fourth-order valence-corrected chi connectivity index (χ4v) is 4.53. The number of nitrogens with zero attached hydrogens (tertiary/aromatic N) is 2. The minimum Gasteiger partial charge on any atom is -0.493 e. The molecule has 2 atom stereocenters. The number of halogens is 2. The van der Waals surface area contributed by atoms with Crippen LogP contribution in [0.1, 0.15) is 50.2 Å². The second kappa shape index (κ2) is 12.1. The minimum atomic E-state index is -3.58. The molecule has 2 aromatic carbocycles. The molecule has 0 amide bonds. The number of benzene rings is 2. The number of aliphatic hydroxyl groups is 1. The number of ether oxygens (including phenoxy) is 5. The number of nitrogens with one attached hydrogen (secondary N) is 1. The van der Waals surface area contributed by atoms with E-state index < -0.39 is 17.6 Å². The number of hydrogen-bond acceptors (Lipinski definition) is 9. The van der Waals surface area contributed by atoms with Gasteiger partial charge in [-0.3, -0.25) is 0 Å². The van der Waals surface area contributed by atoms with Crippen molar-refractivity contribution in [1.29, 1.82) is 0 Å². The van der Waals surface area contributed by atoms with Crippen LogP contribution in [0, 0.1) is 6.92 Å². The van der Waals surface area contributed by atoms with Crippen molar-refractivity contribution in [3.8, 4) is 17.2 Å². The van der Waals surface area contributed by atoms with Gasteiger partial charge in [-0.05, 0) is 39.8 Å². The van der Waals surface area contributed by atoms with Crippen molar-refractivity contribution in [3.05, 3.63) is 47.3 Å². The van der Waals surface area contributed by atoms with Crippen molar-refractivity contribution < 1.29 is 37.6 Å². The van der Waals surface area contributed by atoms with E-state index in [9.17, 15) is 5.11 Å². The van der Waals surface area contributed by atoms with E-state index in [1.54, 1.807) is 39.3 Å². The lowest BCUT2D eigenvalue weighted by molar-refractivity contribution is -0.169. The van der Waals surface area contributed by atoms with E-state index in [-0.39, 0.29) is 17.4 Å². The SMILES string of the molecule is COCCOc1cc2c(N[C@H](C)c3cccc(C(F)(F)C(C)(C)O)c3O[C@H]3CCOC3)nc(C)nc2cc1OC. The molecule has 0 unspecified atom stereocenters. The molecular weight excluding hydrogens is 524 g/mol. The van der Waals surface area contributed by atoms with Gasteiger partial charge in [0.25, 0.3) is 0 Å². The van der Waals surface area contributed by atoms with E-state index in [1.165, 1.54) is 12.1 Å². The van der Waals surface area contributed by atoms with Gasteiger partial charge in [-0.1, -0.05) is 12.1 Å². The Morgan fingerprint density at radius 3 is 2.58 bits per heavy atom. The Bertz CT molecular complexity index is 1330. The maximum Gasteiger partial charge on any atom is 0.304 e. The van der Waals surface area contributed by atoms with E-state index in [0.29, 0.717) is 72.5 Å². The molecule has 4 rings (SSSR count). The van der Waals surface area contributed by atoms with Crippen LogP contribution in [0.3, 0.4) is 0 Å². The highest BCUT2D eigenvalue weighted by atomic mass is 19.3. The first-order valence-electron chi connectivity index (χ1n) is 13.2. The first-order valence-corrected chi connectivity index (χ1v) is 13.2. The molecule has 1 fully saturated rings. The molecule has 0 spiro atoms. The van der Waals surface area contributed by atoms with Crippen molar-refractivity contribution in [1.82, 2.24) is 9.97 Å². The minimum absolute atomic E-state index is 0.0189. The smallest absolute Gasteiger partial charge is 0.304 e. The number of aromatic nitrogens is 2. The molecule has 1 aromatic heterocycles. The highest BCUT2D eigenvalue weighted by molar-refractivity contribution is 5.92. The summed E-state index contributed by atoms with van der Waals surface area (Å²) in [6.45, 7) is 7.27. The molecule has 0 bridgehead atoms. The summed E-state index contributed by atoms with van der Waals surface area (Å²) in [5.41, 5.74) is -1.59. The molecule has 1 aliphatic rings. The van der Waals surface area contributed by atoms with Crippen LogP contribution >= 0.6 is 0 Å². The highest BCUT2D eigenvalue weighted by Crippen LogP contribution is 2.46. The summed E-state index contributed by atoms with van der Waals surface area (Å²) in [4.78, 5) is 9.16. The third-order valence-corrected chi connectivity index (χ3v) is 6.78. The summed E-state index contributed by atoms with van der Waals surface area (Å²) in [6, 6.07) is 7.58. The summed E-state index contributed by atoms with van der Waals surface area (Å²) in [5.74, 6) is -1.56. The van der Waals surface area contributed by atoms with Crippen LogP contribution in [-0.2, 0) is 15.4 Å². The Labute approximate surface area is 232 Å². The molecule has 0 saturated carbocycles. The van der Waals surface area contributed by atoms with Crippen LogP contribution in [0.5, 0.6) is 17.2 Å². The number of rotatable bonds is 12. The van der Waals surface area contributed by atoms with E-state index in [0.717, 1.165) is 13.8 Å². The normalized spacial score (nSPS) is 16.7. The Morgan fingerprint density at radius 2 is 1.93 bits per heavy atom. The quantitative estimate of drug-likeness (QED) is 0.290. The molecule has 9 nitrogen and oxygen atoms in total. The number of methoxy groups -OCH3 is 2. The van der Waals surface area contributed by atoms with Gasteiger partial charge in [-0.2, -0.15) is 8.78 Å². The van der Waals surface area contributed by atoms with Crippen molar-refractivity contribution in [2.45, 2.75) is 57.8 Å². The van der Waals surface area contributed by atoms with Gasteiger partial charge < -0.3 is 34.1 Å². The fraction of sp³-hybridized carbons (Fsp3) is 0.517. The standard InChI is InChI=1S/C29H37F2N3O6/c1-17(20-8-7-9-22(29(30,31)28(3,4)35)26(20)40-19-10-11-38-16-19)32-27-21-14-25(39-13-12-36-5)24(37-6)15-23(21)33-18(2)34-27/h7-9,14-15,17,19,35H,10-13,16H2,1-6H3,(H,32,33,34)/t17-,19+/m1/s1. The number of hydrogen-bond donors (Lipinski definition) is 2. The van der Waals surface area contributed by atoms with Crippen molar-refractivity contribution in [2.24, 2.45) is 0 Å². The van der Waals surface area contributed by atoms with Gasteiger partial charge in [-0.25, -0.2) is 9.97 Å². The first-order chi connectivity index (χ1) is 19.0. The number of aryl methyl sites for hydroxylation is 1. The lowest BCUT2D eigenvalue weighted by Gasteiger charge is -2.32. The molecule has 2 heterocycles.